The van der Waals surface area contributed by atoms with Crippen molar-refractivity contribution in [1.82, 2.24) is 5.16 Å². The molecule has 0 saturated carbocycles. The fourth-order valence-corrected chi connectivity index (χ4v) is 0.901. The molecule has 0 aliphatic rings. The third-order valence-electron chi connectivity index (χ3n) is 2.27. The van der Waals surface area contributed by atoms with Gasteiger partial charge >= 0.3 is 0 Å². The molecule has 1 aromatic rings. The van der Waals surface area contributed by atoms with Crippen LogP contribution in [0.4, 0.5) is 0 Å². The predicted molar refractivity (Wildman–Crippen MR) is 45.6 cm³/mol. The molecule has 0 aliphatic heterocycles. The van der Waals surface area contributed by atoms with Crippen molar-refractivity contribution >= 4 is 0 Å². The summed E-state index contributed by atoms with van der Waals surface area (Å²) in [6.45, 7) is 7.45. The first-order valence-electron chi connectivity index (χ1n) is 4.10. The summed E-state index contributed by atoms with van der Waals surface area (Å²) >= 11 is 0. The van der Waals surface area contributed by atoms with E-state index in [9.17, 15) is 5.11 Å². The Morgan fingerprint density at radius 2 is 2.17 bits per heavy atom. The van der Waals surface area contributed by atoms with Gasteiger partial charge in [0.25, 0.3) is 0 Å². The van der Waals surface area contributed by atoms with Crippen LogP contribution in [-0.4, -0.2) is 10.3 Å². The Kier molecular flexibility index (Phi) is 2.24. The average molecular weight is 169 g/mol. The van der Waals surface area contributed by atoms with Gasteiger partial charge < -0.3 is 9.63 Å². The lowest BCUT2D eigenvalue weighted by Crippen LogP contribution is -2.28. The molecule has 0 fully saturated rings. The normalized spacial score (nSPS) is 16.5. The molecule has 0 aromatic carbocycles. The topological polar surface area (TPSA) is 46.3 Å². The third kappa shape index (κ3) is 1.50. The fraction of sp³-hybridized carbons (Fsp3) is 0.667. The van der Waals surface area contributed by atoms with Crippen LogP contribution in [0.5, 0.6) is 0 Å². The second-order valence-corrected chi connectivity index (χ2v) is 3.63. The minimum Gasteiger partial charge on any atom is -0.383 e. The maximum atomic E-state index is 9.95. The number of rotatable bonds is 2. The first-order valence-corrected chi connectivity index (χ1v) is 4.10. The van der Waals surface area contributed by atoms with Gasteiger partial charge in [-0.1, -0.05) is 19.0 Å². The number of aryl methyl sites for hydroxylation is 1. The highest BCUT2D eigenvalue weighted by molar-refractivity contribution is 5.12. The Balaban J connectivity index is 2.97. The van der Waals surface area contributed by atoms with Gasteiger partial charge in [0.05, 0.1) is 0 Å². The quantitative estimate of drug-likeness (QED) is 0.734. The zero-order valence-electron chi connectivity index (χ0n) is 7.96. The van der Waals surface area contributed by atoms with Gasteiger partial charge in [-0.2, -0.15) is 0 Å². The van der Waals surface area contributed by atoms with Crippen LogP contribution >= 0.6 is 0 Å². The van der Waals surface area contributed by atoms with Crippen LogP contribution < -0.4 is 0 Å². The molecule has 3 heteroatoms. The Bertz CT molecular complexity index is 263. The molecule has 0 aliphatic carbocycles. The van der Waals surface area contributed by atoms with Gasteiger partial charge in [0.15, 0.2) is 0 Å². The van der Waals surface area contributed by atoms with Crippen molar-refractivity contribution in [2.24, 2.45) is 5.92 Å². The van der Waals surface area contributed by atoms with Crippen LogP contribution in [-0.2, 0) is 5.60 Å². The molecule has 1 atom stereocenters. The Labute approximate surface area is 72.4 Å². The van der Waals surface area contributed by atoms with E-state index < -0.39 is 5.60 Å². The summed E-state index contributed by atoms with van der Waals surface area (Å²) in [5, 5.41) is 13.7. The zero-order chi connectivity index (χ0) is 9.35. The van der Waals surface area contributed by atoms with E-state index in [-0.39, 0.29) is 5.92 Å². The summed E-state index contributed by atoms with van der Waals surface area (Å²) in [6, 6.07) is 1.76. The van der Waals surface area contributed by atoms with Gasteiger partial charge in [0.2, 0.25) is 0 Å². The highest BCUT2D eigenvalue weighted by atomic mass is 16.5. The first-order chi connectivity index (χ1) is 5.44. The third-order valence-corrected chi connectivity index (χ3v) is 2.27. The molecule has 0 saturated heterocycles. The smallest absolute Gasteiger partial charge is 0.134 e. The molecule has 68 valence electrons. The maximum absolute atomic E-state index is 9.95. The van der Waals surface area contributed by atoms with E-state index in [1.807, 2.05) is 20.8 Å². The average Bonchev–Trinajstić information content (AvgIpc) is 2.35. The van der Waals surface area contributed by atoms with E-state index in [1.54, 1.807) is 13.0 Å². The van der Waals surface area contributed by atoms with Crippen LogP contribution in [0.2, 0.25) is 0 Å². The Morgan fingerprint density at radius 1 is 1.58 bits per heavy atom. The Hall–Kier alpha value is -0.830. The Morgan fingerprint density at radius 3 is 2.50 bits per heavy atom. The zero-order valence-corrected chi connectivity index (χ0v) is 7.96. The summed E-state index contributed by atoms with van der Waals surface area (Å²) < 4.78 is 4.89. The van der Waals surface area contributed by atoms with Crippen LogP contribution in [0.15, 0.2) is 10.6 Å². The van der Waals surface area contributed by atoms with Crippen molar-refractivity contribution in [3.8, 4) is 0 Å². The van der Waals surface area contributed by atoms with Crippen LogP contribution in [0.25, 0.3) is 0 Å². The minimum atomic E-state index is -0.891. The molecule has 1 N–H and O–H groups in total. The molecular weight excluding hydrogens is 154 g/mol. The largest absolute Gasteiger partial charge is 0.383 e. The summed E-state index contributed by atoms with van der Waals surface area (Å²) in [7, 11) is 0. The van der Waals surface area contributed by atoms with Crippen LogP contribution in [0.1, 0.15) is 32.2 Å². The summed E-state index contributed by atoms with van der Waals surface area (Å²) in [4.78, 5) is 0. The second kappa shape index (κ2) is 2.90. The molecule has 0 bridgehead atoms. The van der Waals surface area contributed by atoms with Crippen molar-refractivity contribution in [1.29, 1.82) is 0 Å². The number of nitrogens with zero attached hydrogens (tertiary/aromatic N) is 1. The fourth-order valence-electron chi connectivity index (χ4n) is 0.901. The lowest BCUT2D eigenvalue weighted by Gasteiger charge is -2.24. The minimum absolute atomic E-state index is 0.127. The van der Waals surface area contributed by atoms with E-state index >= 15 is 0 Å². The maximum Gasteiger partial charge on any atom is 0.134 e. The van der Waals surface area contributed by atoms with Gasteiger partial charge in [-0.15, -0.1) is 0 Å². The standard InChI is InChI=1S/C9H15NO2/c1-6(2)9(4,11)8-5-7(3)12-10-8/h5-6,11H,1-4H3/t9-/m1/s1. The van der Waals surface area contributed by atoms with E-state index in [0.29, 0.717) is 5.69 Å². The van der Waals surface area contributed by atoms with Crippen molar-refractivity contribution < 1.29 is 9.63 Å². The van der Waals surface area contributed by atoms with E-state index in [1.165, 1.54) is 0 Å². The number of aromatic nitrogens is 1. The van der Waals surface area contributed by atoms with Gasteiger partial charge in [-0.25, -0.2) is 0 Å². The van der Waals surface area contributed by atoms with E-state index in [4.69, 9.17) is 4.52 Å². The number of aliphatic hydroxyl groups is 1. The SMILES string of the molecule is Cc1cc([C@](C)(O)C(C)C)no1. The second-order valence-electron chi connectivity index (χ2n) is 3.63. The molecule has 0 amide bonds. The van der Waals surface area contributed by atoms with Crippen molar-refractivity contribution in [2.75, 3.05) is 0 Å². The molecule has 0 radical (unpaired) electrons. The molecule has 1 heterocycles. The van der Waals surface area contributed by atoms with Gasteiger partial charge in [0, 0.05) is 6.07 Å². The lowest BCUT2D eigenvalue weighted by molar-refractivity contribution is 0.00219. The van der Waals surface area contributed by atoms with Gasteiger partial charge in [-0.05, 0) is 19.8 Å². The van der Waals surface area contributed by atoms with Crippen LogP contribution in [0, 0.1) is 12.8 Å². The van der Waals surface area contributed by atoms with Crippen molar-refractivity contribution in [2.45, 2.75) is 33.3 Å². The molecule has 12 heavy (non-hydrogen) atoms. The monoisotopic (exact) mass is 169 g/mol. The van der Waals surface area contributed by atoms with Crippen molar-refractivity contribution in [3.05, 3.63) is 17.5 Å². The van der Waals surface area contributed by atoms with E-state index in [0.717, 1.165) is 5.76 Å². The van der Waals surface area contributed by atoms with Gasteiger partial charge in [0.1, 0.15) is 17.1 Å². The first kappa shape index (κ1) is 9.26. The summed E-state index contributed by atoms with van der Waals surface area (Å²) in [5.74, 6) is 0.855. The van der Waals surface area contributed by atoms with Gasteiger partial charge in [-0.3, -0.25) is 0 Å². The van der Waals surface area contributed by atoms with Crippen molar-refractivity contribution in [3.63, 3.8) is 0 Å². The molecule has 1 rings (SSSR count). The summed E-state index contributed by atoms with van der Waals surface area (Å²) in [5.41, 5.74) is -0.285. The molecule has 0 unspecified atom stereocenters. The number of hydrogen-bond donors (Lipinski definition) is 1. The number of hydrogen-bond acceptors (Lipinski definition) is 3. The molecule has 3 nitrogen and oxygen atoms in total. The van der Waals surface area contributed by atoms with E-state index in [2.05, 4.69) is 5.16 Å². The summed E-state index contributed by atoms with van der Waals surface area (Å²) in [6.07, 6.45) is 0. The highest BCUT2D eigenvalue weighted by Gasteiger charge is 2.30. The molecule has 1 aromatic heterocycles. The van der Waals surface area contributed by atoms with Crippen LogP contribution in [0.3, 0.4) is 0 Å². The molecular formula is C9H15NO2. The highest BCUT2D eigenvalue weighted by Crippen LogP contribution is 2.27. The lowest BCUT2D eigenvalue weighted by atomic mass is 9.89. The molecule has 0 spiro atoms. The predicted octanol–water partition coefficient (Wildman–Crippen LogP) is 1.85.